The van der Waals surface area contributed by atoms with Gasteiger partial charge in [-0.2, -0.15) is 0 Å². The minimum absolute atomic E-state index is 0.0143. The van der Waals surface area contributed by atoms with E-state index in [1.807, 2.05) is 23.1 Å². The van der Waals surface area contributed by atoms with E-state index in [4.69, 9.17) is 4.74 Å². The van der Waals surface area contributed by atoms with Crippen molar-refractivity contribution in [2.45, 2.75) is 37.7 Å². The van der Waals surface area contributed by atoms with Crippen molar-refractivity contribution in [2.75, 3.05) is 26.3 Å². The molecular formula is C19H25NO4. The quantitative estimate of drug-likeness (QED) is 0.862. The summed E-state index contributed by atoms with van der Waals surface area (Å²) in [6.45, 7) is 1.69. The summed E-state index contributed by atoms with van der Waals surface area (Å²) in [5, 5.41) is 19.7. The van der Waals surface area contributed by atoms with Crippen LogP contribution in [0, 0.1) is 11.3 Å². The van der Waals surface area contributed by atoms with Gasteiger partial charge in [-0.1, -0.05) is 18.2 Å². The predicted molar refractivity (Wildman–Crippen MR) is 88.7 cm³/mol. The van der Waals surface area contributed by atoms with Crippen molar-refractivity contribution in [2.24, 2.45) is 11.3 Å². The van der Waals surface area contributed by atoms with Gasteiger partial charge in [-0.05, 0) is 37.3 Å². The average Bonchev–Trinajstić information content (AvgIpc) is 3.02. The van der Waals surface area contributed by atoms with E-state index < -0.39 is 5.41 Å². The number of hydrogen-bond acceptors (Lipinski definition) is 4. The van der Waals surface area contributed by atoms with Crippen molar-refractivity contribution in [3.05, 3.63) is 29.8 Å². The van der Waals surface area contributed by atoms with E-state index in [0.29, 0.717) is 32.5 Å². The molecular weight excluding hydrogens is 306 g/mol. The highest BCUT2D eigenvalue weighted by molar-refractivity contribution is 5.79. The van der Waals surface area contributed by atoms with Gasteiger partial charge in [0, 0.05) is 24.9 Å². The molecule has 2 N–H and O–H groups in total. The summed E-state index contributed by atoms with van der Waals surface area (Å²) in [4.78, 5) is 14.9. The van der Waals surface area contributed by atoms with Crippen molar-refractivity contribution in [1.82, 2.24) is 4.90 Å². The summed E-state index contributed by atoms with van der Waals surface area (Å²) >= 11 is 0. The van der Waals surface area contributed by atoms with Gasteiger partial charge >= 0.3 is 0 Å². The summed E-state index contributed by atoms with van der Waals surface area (Å²) in [7, 11) is 0. The Hall–Kier alpha value is -1.59. The highest BCUT2D eigenvalue weighted by atomic mass is 16.5. The Kier molecular flexibility index (Phi) is 4.01. The number of benzene rings is 1. The van der Waals surface area contributed by atoms with Crippen molar-refractivity contribution >= 4 is 5.91 Å². The topological polar surface area (TPSA) is 70.0 Å². The van der Waals surface area contributed by atoms with Crippen LogP contribution >= 0.6 is 0 Å². The molecule has 1 saturated heterocycles. The van der Waals surface area contributed by atoms with Crippen LogP contribution in [0.5, 0.6) is 5.75 Å². The first kappa shape index (κ1) is 15.9. The van der Waals surface area contributed by atoms with Gasteiger partial charge in [-0.15, -0.1) is 0 Å². The normalized spacial score (nSPS) is 35.1. The van der Waals surface area contributed by atoms with Gasteiger partial charge in [0.2, 0.25) is 5.91 Å². The van der Waals surface area contributed by atoms with Crippen LogP contribution in [0.1, 0.15) is 37.2 Å². The molecule has 24 heavy (non-hydrogen) atoms. The molecule has 4 rings (SSSR count). The number of carbonyl (C=O) groups is 1. The Morgan fingerprint density at radius 3 is 2.75 bits per heavy atom. The first-order chi connectivity index (χ1) is 11.6. The maximum absolute atomic E-state index is 12.9. The Morgan fingerprint density at radius 2 is 2.00 bits per heavy atom. The molecule has 0 radical (unpaired) electrons. The fourth-order valence-electron chi connectivity index (χ4n) is 4.62. The fourth-order valence-corrected chi connectivity index (χ4v) is 4.62. The number of rotatable bonds is 2. The zero-order valence-electron chi connectivity index (χ0n) is 13.9. The molecule has 1 amide bonds. The Labute approximate surface area is 142 Å². The van der Waals surface area contributed by atoms with Crippen LogP contribution in [-0.2, 0) is 4.79 Å². The molecule has 1 saturated carbocycles. The number of fused-ring (bicyclic) bond motifs is 3. The molecule has 0 aromatic heterocycles. The standard InChI is InChI=1S/C19H25NO4/c21-11-19-10-20(18(23)13-5-7-14(22)8-6-13)9-16(19)15-3-1-2-4-17(15)24-12-19/h1-4,13-14,16,21-22H,5-12H2/t13?,14?,16-,19-/m0/s1. The van der Waals surface area contributed by atoms with Gasteiger partial charge in [0.15, 0.2) is 0 Å². The summed E-state index contributed by atoms with van der Waals surface area (Å²) in [6.07, 6.45) is 2.70. The van der Waals surface area contributed by atoms with Crippen molar-refractivity contribution in [3.63, 3.8) is 0 Å². The number of aliphatic hydroxyl groups excluding tert-OH is 2. The summed E-state index contributed by atoms with van der Waals surface area (Å²) in [5.41, 5.74) is 0.713. The molecule has 0 bridgehead atoms. The molecule has 5 heteroatoms. The first-order valence-corrected chi connectivity index (χ1v) is 8.92. The highest BCUT2D eigenvalue weighted by Crippen LogP contribution is 2.49. The molecule has 1 aromatic rings. The van der Waals surface area contributed by atoms with Gasteiger partial charge in [0.25, 0.3) is 0 Å². The molecule has 1 aromatic carbocycles. The lowest BCUT2D eigenvalue weighted by Gasteiger charge is -2.37. The molecule has 1 aliphatic carbocycles. The van der Waals surface area contributed by atoms with Gasteiger partial charge in [-0.25, -0.2) is 0 Å². The highest BCUT2D eigenvalue weighted by Gasteiger charge is 2.52. The number of para-hydroxylation sites is 1. The lowest BCUT2D eigenvalue weighted by Crippen LogP contribution is -2.43. The minimum Gasteiger partial charge on any atom is -0.493 e. The number of amides is 1. The molecule has 0 unspecified atom stereocenters. The average molecular weight is 331 g/mol. The molecule has 5 nitrogen and oxygen atoms in total. The minimum atomic E-state index is -0.391. The van der Waals surface area contributed by atoms with Gasteiger partial charge in [-0.3, -0.25) is 4.79 Å². The van der Waals surface area contributed by atoms with Gasteiger partial charge in [0.1, 0.15) is 5.75 Å². The number of nitrogens with zero attached hydrogens (tertiary/aromatic N) is 1. The van der Waals surface area contributed by atoms with Crippen LogP contribution in [0.3, 0.4) is 0 Å². The van der Waals surface area contributed by atoms with E-state index in [1.165, 1.54) is 0 Å². The second-order valence-corrected chi connectivity index (χ2v) is 7.62. The maximum atomic E-state index is 12.9. The van der Waals surface area contributed by atoms with Crippen molar-refractivity contribution in [3.8, 4) is 5.75 Å². The molecule has 2 atom stereocenters. The molecule has 2 aliphatic heterocycles. The van der Waals surface area contributed by atoms with Crippen LogP contribution in [0.25, 0.3) is 0 Å². The summed E-state index contributed by atoms with van der Waals surface area (Å²) in [6, 6.07) is 7.96. The number of ether oxygens (including phenoxy) is 1. The zero-order chi connectivity index (χ0) is 16.7. The number of hydrogen-bond donors (Lipinski definition) is 2. The molecule has 2 fully saturated rings. The molecule has 0 spiro atoms. The third kappa shape index (κ3) is 2.50. The third-order valence-electron chi connectivity index (χ3n) is 6.13. The number of aliphatic hydroxyl groups is 2. The van der Waals surface area contributed by atoms with Gasteiger partial charge in [0.05, 0.1) is 24.7 Å². The van der Waals surface area contributed by atoms with Crippen molar-refractivity contribution < 1.29 is 19.7 Å². The fraction of sp³-hybridized carbons (Fsp3) is 0.632. The molecule has 2 heterocycles. The van der Waals surface area contributed by atoms with Crippen LogP contribution in [0.15, 0.2) is 24.3 Å². The van der Waals surface area contributed by atoms with E-state index in [9.17, 15) is 15.0 Å². The van der Waals surface area contributed by atoms with E-state index >= 15 is 0 Å². The number of carbonyl (C=O) groups excluding carboxylic acids is 1. The summed E-state index contributed by atoms with van der Waals surface area (Å²) in [5.74, 6) is 1.20. The lowest BCUT2D eigenvalue weighted by molar-refractivity contribution is -0.136. The number of likely N-dealkylation sites (tertiary alicyclic amines) is 1. The monoisotopic (exact) mass is 331 g/mol. The maximum Gasteiger partial charge on any atom is 0.225 e. The van der Waals surface area contributed by atoms with Crippen LogP contribution in [-0.4, -0.2) is 53.4 Å². The lowest BCUT2D eigenvalue weighted by atomic mass is 9.74. The van der Waals surface area contributed by atoms with E-state index in [2.05, 4.69) is 6.07 Å². The van der Waals surface area contributed by atoms with Crippen LogP contribution < -0.4 is 4.74 Å². The molecule has 3 aliphatic rings. The second-order valence-electron chi connectivity index (χ2n) is 7.62. The van der Waals surface area contributed by atoms with E-state index in [1.54, 1.807) is 0 Å². The molecule has 130 valence electrons. The Morgan fingerprint density at radius 1 is 1.25 bits per heavy atom. The van der Waals surface area contributed by atoms with Crippen molar-refractivity contribution in [1.29, 1.82) is 0 Å². The van der Waals surface area contributed by atoms with E-state index in [0.717, 1.165) is 24.2 Å². The predicted octanol–water partition coefficient (Wildman–Crippen LogP) is 1.53. The Bertz CT molecular complexity index is 626. The second kappa shape index (κ2) is 6.05. The Balaban J connectivity index is 1.56. The van der Waals surface area contributed by atoms with Crippen LogP contribution in [0.4, 0.5) is 0 Å². The van der Waals surface area contributed by atoms with Crippen LogP contribution in [0.2, 0.25) is 0 Å². The third-order valence-corrected chi connectivity index (χ3v) is 6.13. The van der Waals surface area contributed by atoms with E-state index in [-0.39, 0.29) is 30.5 Å². The van der Waals surface area contributed by atoms with Gasteiger partial charge < -0.3 is 19.8 Å². The zero-order valence-corrected chi connectivity index (χ0v) is 13.9. The smallest absolute Gasteiger partial charge is 0.225 e. The SMILES string of the molecule is O=C(C1CCC(O)CC1)N1C[C@H]2c3ccccc3OC[C@@]2(CO)C1. The largest absolute Gasteiger partial charge is 0.493 e. The first-order valence-electron chi connectivity index (χ1n) is 8.92. The summed E-state index contributed by atoms with van der Waals surface area (Å²) < 4.78 is 5.89.